The van der Waals surface area contributed by atoms with Crippen molar-refractivity contribution >= 4 is 17.3 Å². The second kappa shape index (κ2) is 7.95. The van der Waals surface area contributed by atoms with Gasteiger partial charge in [0.15, 0.2) is 0 Å². The Labute approximate surface area is 162 Å². The lowest BCUT2D eigenvalue weighted by Gasteiger charge is -2.44. The van der Waals surface area contributed by atoms with Crippen LogP contribution >= 0.6 is 0 Å². The topological polar surface area (TPSA) is 57.6 Å². The molecule has 4 nitrogen and oxygen atoms in total. The zero-order chi connectivity index (χ0) is 18.8. The number of phenolic OH excluding ortho intramolecular Hbond substituents is 1. The minimum Gasteiger partial charge on any atom is -0.508 e. The van der Waals surface area contributed by atoms with Crippen molar-refractivity contribution in [3.63, 3.8) is 0 Å². The van der Waals surface area contributed by atoms with E-state index in [4.69, 9.17) is 0 Å². The van der Waals surface area contributed by atoms with Gasteiger partial charge in [0, 0.05) is 6.54 Å². The van der Waals surface area contributed by atoms with Crippen molar-refractivity contribution in [2.45, 2.75) is 43.0 Å². The zero-order valence-corrected chi connectivity index (χ0v) is 16.1. The van der Waals surface area contributed by atoms with Gasteiger partial charge in [0.1, 0.15) is 23.0 Å². The summed E-state index contributed by atoms with van der Waals surface area (Å²) in [5, 5.41) is 9.42. The number of benzene rings is 2. The number of fused-ring (bicyclic) bond motifs is 1. The van der Waals surface area contributed by atoms with Crippen LogP contribution in [0.15, 0.2) is 53.4 Å². The number of phenols is 1. The normalized spacial score (nSPS) is 26.9. The van der Waals surface area contributed by atoms with Crippen LogP contribution in [0.4, 0.5) is 0 Å². The third kappa shape index (κ3) is 3.71. The molecule has 1 saturated carbocycles. The van der Waals surface area contributed by atoms with E-state index in [1.807, 2.05) is 40.7 Å². The van der Waals surface area contributed by atoms with Gasteiger partial charge in [-0.15, -0.1) is 0 Å². The summed E-state index contributed by atoms with van der Waals surface area (Å²) in [6, 6.07) is 14.5. The molecule has 0 spiro atoms. The van der Waals surface area contributed by atoms with Crippen molar-refractivity contribution in [1.29, 1.82) is 0 Å². The first-order valence-corrected chi connectivity index (χ1v) is 10.8. The van der Waals surface area contributed by atoms with Crippen LogP contribution < -0.4 is 0 Å². The molecule has 2 fully saturated rings. The fraction of sp³-hybridized carbons (Fsp3) is 0.409. The predicted octanol–water partition coefficient (Wildman–Crippen LogP) is 4.16. The number of piperidine rings is 1. The van der Waals surface area contributed by atoms with Gasteiger partial charge in [-0.05, 0) is 60.1 Å². The Bertz CT molecular complexity index is 818. The number of hydrogen-bond acceptors (Lipinski definition) is 3. The van der Waals surface area contributed by atoms with Gasteiger partial charge in [0.25, 0.3) is 0 Å². The highest BCUT2D eigenvalue weighted by Crippen LogP contribution is 2.40. The molecule has 4 atom stereocenters. The molecule has 0 amide bonds. The van der Waals surface area contributed by atoms with E-state index in [9.17, 15) is 14.1 Å². The first-order valence-electron chi connectivity index (χ1n) is 9.70. The van der Waals surface area contributed by atoms with Crippen molar-refractivity contribution in [2.75, 3.05) is 6.54 Å². The smallest absolute Gasteiger partial charge is 0.138 e. The second-order valence-corrected chi connectivity index (χ2v) is 9.02. The highest BCUT2D eigenvalue weighted by molar-refractivity contribution is 7.82. The Kier molecular flexibility index (Phi) is 5.41. The van der Waals surface area contributed by atoms with Gasteiger partial charge in [0.05, 0.1) is 10.9 Å². The fourth-order valence-corrected chi connectivity index (χ4v) is 5.95. The third-order valence-electron chi connectivity index (χ3n) is 6.07. The number of rotatable bonds is 4. The van der Waals surface area contributed by atoms with Crippen LogP contribution in [-0.4, -0.2) is 32.5 Å². The first kappa shape index (κ1) is 18.4. The highest BCUT2D eigenvalue weighted by Gasteiger charge is 2.41. The lowest BCUT2D eigenvalue weighted by molar-refractivity contribution is -0.114. The summed E-state index contributed by atoms with van der Waals surface area (Å²) in [5.74, 6) is 1.20. The summed E-state index contributed by atoms with van der Waals surface area (Å²) < 4.78 is 15.1. The van der Waals surface area contributed by atoms with Crippen LogP contribution in [0.1, 0.15) is 32.1 Å². The largest absolute Gasteiger partial charge is 0.508 e. The van der Waals surface area contributed by atoms with Crippen molar-refractivity contribution in [3.8, 4) is 16.9 Å². The molecule has 0 aromatic heterocycles. The Balaban J connectivity index is 1.53. The predicted molar refractivity (Wildman–Crippen MR) is 107 cm³/mol. The number of nitrogens with zero attached hydrogens (tertiary/aromatic N) is 1. The van der Waals surface area contributed by atoms with E-state index in [0.29, 0.717) is 11.8 Å². The summed E-state index contributed by atoms with van der Waals surface area (Å²) >= 11 is 0. The van der Waals surface area contributed by atoms with E-state index in [1.165, 1.54) is 19.3 Å². The van der Waals surface area contributed by atoms with Gasteiger partial charge in [0.2, 0.25) is 0 Å². The Morgan fingerprint density at radius 2 is 1.56 bits per heavy atom. The summed E-state index contributed by atoms with van der Waals surface area (Å²) in [5.41, 5.74) is 2.01. The van der Waals surface area contributed by atoms with E-state index in [0.717, 1.165) is 41.7 Å². The molecule has 1 heterocycles. The van der Waals surface area contributed by atoms with Crippen molar-refractivity contribution < 1.29 is 14.1 Å². The maximum absolute atomic E-state index is 13.2. The lowest BCUT2D eigenvalue weighted by atomic mass is 9.72. The van der Waals surface area contributed by atoms with E-state index in [1.54, 1.807) is 12.1 Å². The van der Waals surface area contributed by atoms with E-state index in [-0.39, 0.29) is 11.8 Å². The molecule has 1 saturated heterocycles. The van der Waals surface area contributed by atoms with Gasteiger partial charge >= 0.3 is 0 Å². The van der Waals surface area contributed by atoms with Crippen LogP contribution in [0, 0.1) is 11.8 Å². The molecule has 4 rings (SSSR count). The molecule has 2 aromatic carbocycles. The summed E-state index contributed by atoms with van der Waals surface area (Å²) in [6.45, 7) is 0.719. The number of carbonyl (C=O) groups is 1. The van der Waals surface area contributed by atoms with Crippen LogP contribution in [0.2, 0.25) is 0 Å². The van der Waals surface area contributed by atoms with Gasteiger partial charge in [-0.1, -0.05) is 43.5 Å². The molecule has 2 aromatic rings. The molecule has 27 heavy (non-hydrogen) atoms. The van der Waals surface area contributed by atoms with Crippen LogP contribution in [0.5, 0.6) is 5.75 Å². The standard InChI is InChI=1S/C22H25NO3S/c24-15-22-21-4-2-1-3-18(21)13-14-23(22)27(26)20-11-7-17(8-12-20)16-5-9-19(25)10-6-16/h5-12,15,18,21-22,25H,1-4,13-14H2. The monoisotopic (exact) mass is 383 g/mol. The molecule has 0 bridgehead atoms. The van der Waals surface area contributed by atoms with Gasteiger partial charge in [-0.3, -0.25) is 0 Å². The van der Waals surface area contributed by atoms with E-state index < -0.39 is 11.0 Å². The first-order chi connectivity index (χ1) is 13.2. The van der Waals surface area contributed by atoms with Crippen LogP contribution in [0.3, 0.4) is 0 Å². The summed E-state index contributed by atoms with van der Waals surface area (Å²) in [6.07, 6.45) is 6.76. The van der Waals surface area contributed by atoms with Gasteiger partial charge < -0.3 is 9.90 Å². The summed E-state index contributed by atoms with van der Waals surface area (Å²) in [7, 11) is -1.32. The Morgan fingerprint density at radius 1 is 0.926 bits per heavy atom. The molecule has 1 N–H and O–H groups in total. The quantitative estimate of drug-likeness (QED) is 0.807. The van der Waals surface area contributed by atoms with Crippen LogP contribution in [0.25, 0.3) is 11.1 Å². The van der Waals surface area contributed by atoms with Crippen LogP contribution in [-0.2, 0) is 15.8 Å². The fourth-order valence-electron chi connectivity index (χ4n) is 4.62. The summed E-state index contributed by atoms with van der Waals surface area (Å²) in [4.78, 5) is 12.6. The lowest BCUT2D eigenvalue weighted by Crippen LogP contribution is -2.51. The highest BCUT2D eigenvalue weighted by atomic mass is 32.2. The minimum absolute atomic E-state index is 0.235. The number of hydrogen-bond donors (Lipinski definition) is 1. The van der Waals surface area contributed by atoms with E-state index in [2.05, 4.69) is 0 Å². The Hall–Kier alpha value is -1.98. The van der Waals surface area contributed by atoms with Crippen molar-refractivity contribution in [1.82, 2.24) is 4.31 Å². The third-order valence-corrected chi connectivity index (χ3v) is 7.60. The van der Waals surface area contributed by atoms with Gasteiger partial charge in [-0.2, -0.15) is 0 Å². The Morgan fingerprint density at radius 3 is 2.22 bits per heavy atom. The molecule has 1 aliphatic carbocycles. The molecule has 0 radical (unpaired) electrons. The molecular weight excluding hydrogens is 358 g/mol. The number of aromatic hydroxyl groups is 1. The maximum Gasteiger partial charge on any atom is 0.138 e. The second-order valence-electron chi connectivity index (χ2n) is 7.58. The van der Waals surface area contributed by atoms with Crippen molar-refractivity contribution in [2.24, 2.45) is 11.8 Å². The average molecular weight is 384 g/mol. The van der Waals surface area contributed by atoms with E-state index >= 15 is 0 Å². The molecule has 5 heteroatoms. The molecule has 1 aliphatic heterocycles. The number of aldehydes is 1. The van der Waals surface area contributed by atoms with Crippen molar-refractivity contribution in [3.05, 3.63) is 48.5 Å². The molecule has 2 aliphatic rings. The number of carbonyl (C=O) groups excluding carboxylic acids is 1. The average Bonchev–Trinajstić information content (AvgIpc) is 2.73. The minimum atomic E-state index is -1.32. The molecule has 142 valence electrons. The molecular formula is C22H25NO3S. The maximum atomic E-state index is 13.2. The van der Waals surface area contributed by atoms with Gasteiger partial charge in [-0.25, -0.2) is 8.51 Å². The molecule has 4 unspecified atom stereocenters. The zero-order valence-electron chi connectivity index (χ0n) is 15.3. The SMILES string of the molecule is O=CC1C2CCCCC2CCN1S(=O)c1ccc(-c2ccc(O)cc2)cc1.